The van der Waals surface area contributed by atoms with Crippen molar-refractivity contribution in [3.8, 4) is 0 Å². The van der Waals surface area contributed by atoms with Crippen LogP contribution in [0.3, 0.4) is 0 Å². The smallest absolute Gasteiger partial charge is 0.150 e. The summed E-state index contributed by atoms with van der Waals surface area (Å²) < 4.78 is 13.4. The van der Waals surface area contributed by atoms with E-state index in [1.807, 2.05) is 0 Å². The van der Waals surface area contributed by atoms with Gasteiger partial charge in [-0.2, -0.15) is 0 Å². The van der Waals surface area contributed by atoms with Gasteiger partial charge in [0.2, 0.25) is 0 Å². The van der Waals surface area contributed by atoms with E-state index in [0.717, 1.165) is 0 Å². The van der Waals surface area contributed by atoms with Crippen molar-refractivity contribution in [3.05, 3.63) is 56.9 Å². The molecule has 94 valence electrons. The van der Waals surface area contributed by atoms with Crippen LogP contribution < -0.4 is 5.32 Å². The molecule has 6 heteroatoms. The molecule has 0 saturated heterocycles. The quantitative estimate of drug-likeness (QED) is 0.824. The molecule has 1 aromatic heterocycles. The number of hydrogen-bond acceptors (Lipinski definition) is 2. The first-order chi connectivity index (χ1) is 8.58. The van der Waals surface area contributed by atoms with E-state index < -0.39 is 0 Å². The highest BCUT2D eigenvalue weighted by Crippen LogP contribution is 2.29. The molecule has 0 saturated carbocycles. The molecule has 0 fully saturated rings. The van der Waals surface area contributed by atoms with Crippen molar-refractivity contribution < 1.29 is 4.39 Å². The Hall–Kier alpha value is -1.03. The Kier molecular flexibility index (Phi) is 4.27. The first-order valence-corrected chi connectivity index (χ1v) is 6.20. The molecule has 1 heterocycles. The van der Waals surface area contributed by atoms with Gasteiger partial charge in [-0.25, -0.2) is 9.37 Å². The van der Waals surface area contributed by atoms with Crippen LogP contribution in [0.2, 0.25) is 15.2 Å². The number of nitrogens with zero attached hydrogens (tertiary/aromatic N) is 1. The Labute approximate surface area is 119 Å². The van der Waals surface area contributed by atoms with Gasteiger partial charge in [0.15, 0.2) is 0 Å². The highest BCUT2D eigenvalue weighted by molar-refractivity contribution is 6.42. The molecule has 0 radical (unpaired) electrons. The van der Waals surface area contributed by atoms with Crippen molar-refractivity contribution in [2.45, 2.75) is 6.54 Å². The largest absolute Gasteiger partial charge is 0.365 e. The third kappa shape index (κ3) is 3.05. The van der Waals surface area contributed by atoms with Crippen molar-refractivity contribution in [2.75, 3.05) is 5.32 Å². The van der Waals surface area contributed by atoms with E-state index in [1.165, 1.54) is 12.1 Å². The molecule has 1 aromatic carbocycles. The Morgan fingerprint density at radius 3 is 2.56 bits per heavy atom. The van der Waals surface area contributed by atoms with E-state index in [-0.39, 0.29) is 22.5 Å². The third-order valence-corrected chi connectivity index (χ3v) is 3.25. The van der Waals surface area contributed by atoms with Gasteiger partial charge in [0.25, 0.3) is 0 Å². The number of hydrogen-bond donors (Lipinski definition) is 1. The van der Waals surface area contributed by atoms with Crippen molar-refractivity contribution in [3.63, 3.8) is 0 Å². The van der Waals surface area contributed by atoms with Gasteiger partial charge in [0.1, 0.15) is 16.8 Å². The minimum absolute atomic E-state index is 0.150. The lowest BCUT2D eigenvalue weighted by Gasteiger charge is -2.09. The van der Waals surface area contributed by atoms with Gasteiger partial charge in [0, 0.05) is 12.1 Å². The van der Waals surface area contributed by atoms with Crippen LogP contribution >= 0.6 is 34.8 Å². The Balaban J connectivity index is 2.16. The fraction of sp³-hybridized carbons (Fsp3) is 0.0833. The summed E-state index contributed by atoms with van der Waals surface area (Å²) >= 11 is 17.5. The molecule has 0 aliphatic carbocycles. The van der Waals surface area contributed by atoms with E-state index in [0.29, 0.717) is 16.4 Å². The molecule has 0 bridgehead atoms. The van der Waals surface area contributed by atoms with Crippen molar-refractivity contribution >= 4 is 40.6 Å². The SMILES string of the molecule is Fc1ccccc1CNc1nc(Cl)c(Cl)cc1Cl. The van der Waals surface area contributed by atoms with Gasteiger partial charge in [-0.05, 0) is 12.1 Å². The van der Waals surface area contributed by atoms with E-state index in [4.69, 9.17) is 34.8 Å². The average molecular weight is 306 g/mol. The molecule has 18 heavy (non-hydrogen) atoms. The second kappa shape index (κ2) is 5.74. The van der Waals surface area contributed by atoms with Crippen LogP contribution in [-0.2, 0) is 6.54 Å². The van der Waals surface area contributed by atoms with Gasteiger partial charge in [-0.15, -0.1) is 0 Å². The van der Waals surface area contributed by atoms with Gasteiger partial charge in [0.05, 0.1) is 10.0 Å². The predicted molar refractivity (Wildman–Crippen MR) is 73.0 cm³/mol. The summed E-state index contributed by atoms with van der Waals surface area (Å²) in [5, 5.41) is 3.67. The summed E-state index contributed by atoms with van der Waals surface area (Å²) in [6, 6.07) is 7.93. The highest BCUT2D eigenvalue weighted by atomic mass is 35.5. The second-order valence-electron chi connectivity index (χ2n) is 3.54. The molecule has 0 spiro atoms. The summed E-state index contributed by atoms with van der Waals surface area (Å²) in [6.45, 7) is 0.261. The molecule has 2 nitrogen and oxygen atoms in total. The number of pyridine rings is 1. The number of benzene rings is 1. The summed E-state index contributed by atoms with van der Waals surface area (Å²) in [5.41, 5.74) is 0.515. The summed E-state index contributed by atoms with van der Waals surface area (Å²) in [6.07, 6.45) is 0. The fourth-order valence-electron chi connectivity index (χ4n) is 1.39. The number of nitrogens with one attached hydrogen (secondary N) is 1. The lowest BCUT2D eigenvalue weighted by Crippen LogP contribution is -2.04. The molecule has 1 N–H and O–H groups in total. The van der Waals surface area contributed by atoms with Crippen molar-refractivity contribution in [2.24, 2.45) is 0 Å². The highest BCUT2D eigenvalue weighted by Gasteiger charge is 2.08. The number of anilines is 1. The monoisotopic (exact) mass is 304 g/mol. The van der Waals surface area contributed by atoms with Crippen LogP contribution in [0.15, 0.2) is 30.3 Å². The minimum Gasteiger partial charge on any atom is -0.365 e. The zero-order valence-electron chi connectivity index (χ0n) is 9.05. The van der Waals surface area contributed by atoms with Crippen molar-refractivity contribution in [1.82, 2.24) is 4.98 Å². The normalized spacial score (nSPS) is 10.4. The molecular formula is C12H8Cl3FN2. The van der Waals surface area contributed by atoms with Crippen LogP contribution in [-0.4, -0.2) is 4.98 Å². The maximum absolute atomic E-state index is 13.4. The predicted octanol–water partition coefficient (Wildman–Crippen LogP) is 4.79. The maximum atomic E-state index is 13.4. The van der Waals surface area contributed by atoms with Crippen LogP contribution in [0.1, 0.15) is 5.56 Å². The number of rotatable bonds is 3. The molecule has 0 aliphatic heterocycles. The lowest BCUT2D eigenvalue weighted by atomic mass is 10.2. The average Bonchev–Trinajstić information content (AvgIpc) is 2.34. The maximum Gasteiger partial charge on any atom is 0.150 e. The van der Waals surface area contributed by atoms with Gasteiger partial charge < -0.3 is 5.32 Å². The van der Waals surface area contributed by atoms with E-state index in [1.54, 1.807) is 18.2 Å². The van der Waals surface area contributed by atoms with Crippen LogP contribution in [0.5, 0.6) is 0 Å². The summed E-state index contributed by atoms with van der Waals surface area (Å²) in [5.74, 6) is 0.0792. The molecule has 0 atom stereocenters. The molecule has 2 aromatic rings. The molecule has 0 unspecified atom stereocenters. The molecule has 0 amide bonds. The zero-order valence-corrected chi connectivity index (χ0v) is 11.3. The molecule has 2 rings (SSSR count). The number of aromatic nitrogens is 1. The van der Waals surface area contributed by atoms with Crippen LogP contribution in [0.4, 0.5) is 10.2 Å². The standard InChI is InChI=1S/C12H8Cl3FN2/c13-8-5-9(14)12(18-11(8)15)17-6-7-3-1-2-4-10(7)16/h1-5H,6H2,(H,17,18). The minimum atomic E-state index is -0.291. The fourth-order valence-corrected chi connectivity index (χ4v) is 1.95. The topological polar surface area (TPSA) is 24.9 Å². The van der Waals surface area contributed by atoms with E-state index in [2.05, 4.69) is 10.3 Å². The summed E-state index contributed by atoms with van der Waals surface area (Å²) in [7, 11) is 0. The zero-order chi connectivity index (χ0) is 13.1. The van der Waals surface area contributed by atoms with E-state index >= 15 is 0 Å². The van der Waals surface area contributed by atoms with Gasteiger partial charge in [-0.1, -0.05) is 53.0 Å². The second-order valence-corrected chi connectivity index (χ2v) is 4.71. The first-order valence-electron chi connectivity index (χ1n) is 5.06. The lowest BCUT2D eigenvalue weighted by molar-refractivity contribution is 0.613. The van der Waals surface area contributed by atoms with Crippen molar-refractivity contribution in [1.29, 1.82) is 0 Å². The van der Waals surface area contributed by atoms with Gasteiger partial charge >= 0.3 is 0 Å². The molecule has 0 aliphatic rings. The first kappa shape index (κ1) is 13.4. The van der Waals surface area contributed by atoms with Crippen LogP contribution in [0.25, 0.3) is 0 Å². The van der Waals surface area contributed by atoms with Gasteiger partial charge in [-0.3, -0.25) is 0 Å². The van der Waals surface area contributed by atoms with Crippen LogP contribution in [0, 0.1) is 5.82 Å². The third-order valence-electron chi connectivity index (χ3n) is 2.29. The van der Waals surface area contributed by atoms with E-state index in [9.17, 15) is 4.39 Å². The number of halogens is 4. The Bertz CT molecular complexity index is 575. The Morgan fingerprint density at radius 2 is 1.83 bits per heavy atom. The Morgan fingerprint density at radius 1 is 1.11 bits per heavy atom. The molecular weight excluding hydrogens is 298 g/mol. The summed E-state index contributed by atoms with van der Waals surface area (Å²) in [4.78, 5) is 3.98.